The minimum absolute atomic E-state index is 0.0566. The molecule has 0 radical (unpaired) electrons. The van der Waals surface area contributed by atoms with Crippen molar-refractivity contribution >= 4 is 0 Å². The third-order valence-electron chi connectivity index (χ3n) is 3.78. The van der Waals surface area contributed by atoms with Crippen LogP contribution in [0.4, 0.5) is 0 Å². The zero-order valence-electron chi connectivity index (χ0n) is 10.7. The lowest BCUT2D eigenvalue weighted by Crippen LogP contribution is -2.06. The number of fused-ring (bicyclic) bond motifs is 11. The predicted molar refractivity (Wildman–Crippen MR) is 72.2 cm³/mol. The third-order valence-corrected chi connectivity index (χ3v) is 3.78. The van der Waals surface area contributed by atoms with E-state index in [1.807, 2.05) is 0 Å². The maximum atomic E-state index is 9.81. The normalized spacial score (nSPS) is 23.2. The fourth-order valence-electron chi connectivity index (χ4n) is 2.61. The lowest BCUT2D eigenvalue weighted by atomic mass is 9.98. The summed E-state index contributed by atoms with van der Waals surface area (Å²) in [6.45, 7) is 0. The van der Waals surface area contributed by atoms with Crippen molar-refractivity contribution in [1.29, 1.82) is 0 Å². The molecule has 2 aliphatic carbocycles. The Morgan fingerprint density at radius 2 is 1.18 bits per heavy atom. The van der Waals surface area contributed by atoms with Gasteiger partial charge in [0.15, 0.2) is 0 Å². The summed E-state index contributed by atoms with van der Waals surface area (Å²) < 4.78 is 0. The molecule has 0 unspecified atom stereocenters. The Bertz CT molecular complexity index is 315. The molecule has 0 aliphatic heterocycles. The van der Waals surface area contributed by atoms with Crippen molar-refractivity contribution in [2.75, 3.05) is 0 Å². The van der Waals surface area contributed by atoms with Gasteiger partial charge in [0, 0.05) is 0 Å². The van der Waals surface area contributed by atoms with Gasteiger partial charge in [-0.05, 0) is 49.7 Å². The van der Waals surface area contributed by atoms with Gasteiger partial charge in [-0.1, -0.05) is 43.5 Å². The van der Waals surface area contributed by atoms with E-state index in [0.717, 1.165) is 25.7 Å². The van der Waals surface area contributed by atoms with Crippen LogP contribution in [-0.2, 0) is 12.8 Å². The highest BCUT2D eigenvalue weighted by Crippen LogP contribution is 2.16. The van der Waals surface area contributed by atoms with Crippen molar-refractivity contribution in [3.05, 3.63) is 35.4 Å². The average Bonchev–Trinajstić information content (AvgIpc) is 2.35. The number of rotatable bonds is 0. The smallest absolute Gasteiger partial charge is 0.0540 e. The molecule has 0 aromatic heterocycles. The van der Waals surface area contributed by atoms with Crippen LogP contribution in [0.2, 0.25) is 0 Å². The lowest BCUT2D eigenvalue weighted by Gasteiger charge is -2.11. The van der Waals surface area contributed by atoms with E-state index in [9.17, 15) is 5.11 Å². The summed E-state index contributed by atoms with van der Waals surface area (Å²) in [5.41, 5.74) is 2.91. The molecule has 0 saturated heterocycles. The van der Waals surface area contributed by atoms with Crippen LogP contribution in [0.15, 0.2) is 24.3 Å². The summed E-state index contributed by atoms with van der Waals surface area (Å²) in [7, 11) is 0. The van der Waals surface area contributed by atoms with Gasteiger partial charge in [0.1, 0.15) is 0 Å². The Hall–Kier alpha value is -0.820. The van der Waals surface area contributed by atoms with Crippen molar-refractivity contribution in [3.63, 3.8) is 0 Å². The first kappa shape index (κ1) is 12.6. The molecule has 1 atom stereocenters. The van der Waals surface area contributed by atoms with E-state index in [-0.39, 0.29) is 6.10 Å². The molecule has 1 N–H and O–H groups in total. The van der Waals surface area contributed by atoms with E-state index in [1.54, 1.807) is 0 Å². The zero-order chi connectivity index (χ0) is 11.9. The molecule has 0 heterocycles. The number of benzene rings is 1. The Kier molecular flexibility index (Phi) is 5.06. The van der Waals surface area contributed by atoms with E-state index in [4.69, 9.17) is 0 Å². The van der Waals surface area contributed by atoms with Crippen molar-refractivity contribution in [2.24, 2.45) is 0 Å². The SMILES string of the molecule is O[C@@H]1CCCCCc2ccc(cc2)CCCC1. The van der Waals surface area contributed by atoms with Crippen LogP contribution >= 0.6 is 0 Å². The summed E-state index contributed by atoms with van der Waals surface area (Å²) >= 11 is 0. The molecule has 94 valence electrons. The minimum Gasteiger partial charge on any atom is -0.393 e. The molecule has 3 rings (SSSR count). The zero-order valence-corrected chi connectivity index (χ0v) is 10.7. The highest BCUT2D eigenvalue weighted by atomic mass is 16.3. The number of aryl methyl sites for hydroxylation is 2. The largest absolute Gasteiger partial charge is 0.393 e. The maximum Gasteiger partial charge on any atom is 0.0540 e. The number of aliphatic hydroxyl groups excluding tert-OH is 1. The lowest BCUT2D eigenvalue weighted by molar-refractivity contribution is 0.147. The van der Waals surface area contributed by atoms with Crippen molar-refractivity contribution in [3.8, 4) is 0 Å². The molecule has 0 amide bonds. The van der Waals surface area contributed by atoms with Gasteiger partial charge in [0.2, 0.25) is 0 Å². The second-order valence-electron chi connectivity index (χ2n) is 5.32. The molecule has 1 nitrogen and oxygen atoms in total. The van der Waals surface area contributed by atoms with E-state index >= 15 is 0 Å². The molecule has 2 bridgehead atoms. The molecular weight excluding hydrogens is 208 g/mol. The third kappa shape index (κ3) is 4.51. The van der Waals surface area contributed by atoms with Crippen LogP contribution in [0.3, 0.4) is 0 Å². The average molecular weight is 232 g/mol. The molecule has 17 heavy (non-hydrogen) atoms. The molecule has 1 heteroatoms. The first-order valence-electron chi connectivity index (χ1n) is 7.10. The Morgan fingerprint density at radius 1 is 0.706 bits per heavy atom. The maximum absolute atomic E-state index is 9.81. The second kappa shape index (κ2) is 6.80. The van der Waals surface area contributed by atoms with Crippen LogP contribution in [0.25, 0.3) is 0 Å². The summed E-state index contributed by atoms with van der Waals surface area (Å²) in [6.07, 6.45) is 10.3. The summed E-state index contributed by atoms with van der Waals surface area (Å²) in [5, 5.41) is 9.81. The molecule has 0 spiro atoms. The molecule has 2 aliphatic rings. The Morgan fingerprint density at radius 3 is 1.76 bits per heavy atom. The minimum atomic E-state index is -0.0566. The fraction of sp³-hybridized carbons (Fsp3) is 0.625. The quantitative estimate of drug-likeness (QED) is 0.719. The fourth-order valence-corrected chi connectivity index (χ4v) is 2.61. The van der Waals surface area contributed by atoms with Gasteiger partial charge in [-0.2, -0.15) is 0 Å². The van der Waals surface area contributed by atoms with Crippen LogP contribution < -0.4 is 0 Å². The summed E-state index contributed by atoms with van der Waals surface area (Å²) in [6, 6.07) is 9.13. The second-order valence-corrected chi connectivity index (χ2v) is 5.32. The predicted octanol–water partition coefficient (Wildman–Crippen LogP) is 3.88. The van der Waals surface area contributed by atoms with Gasteiger partial charge in [0.25, 0.3) is 0 Å². The number of aliphatic hydroxyl groups is 1. The van der Waals surface area contributed by atoms with Crippen LogP contribution in [0.5, 0.6) is 0 Å². The van der Waals surface area contributed by atoms with Crippen LogP contribution in [0, 0.1) is 0 Å². The van der Waals surface area contributed by atoms with Gasteiger partial charge < -0.3 is 5.11 Å². The standard InChI is InChI=1S/C16H24O/c17-16-8-3-1-2-6-14-10-12-15(13-11-14)7-4-5-9-16/h10-13,16-17H,1-9H2/t16-/m1/s1. The Balaban J connectivity index is 1.94. The molecule has 1 aromatic carbocycles. The van der Waals surface area contributed by atoms with Gasteiger partial charge in [-0.15, -0.1) is 0 Å². The first-order chi connectivity index (χ1) is 8.34. The monoisotopic (exact) mass is 232 g/mol. The molecule has 1 aromatic rings. The van der Waals surface area contributed by atoms with E-state index in [1.165, 1.54) is 43.2 Å². The highest BCUT2D eigenvalue weighted by molar-refractivity contribution is 5.22. The van der Waals surface area contributed by atoms with Crippen molar-refractivity contribution in [2.45, 2.75) is 63.9 Å². The molecule has 0 fully saturated rings. The highest BCUT2D eigenvalue weighted by Gasteiger charge is 2.05. The van der Waals surface area contributed by atoms with Crippen LogP contribution in [0.1, 0.15) is 56.1 Å². The van der Waals surface area contributed by atoms with Crippen LogP contribution in [-0.4, -0.2) is 11.2 Å². The van der Waals surface area contributed by atoms with Gasteiger partial charge in [-0.3, -0.25) is 0 Å². The van der Waals surface area contributed by atoms with Gasteiger partial charge >= 0.3 is 0 Å². The van der Waals surface area contributed by atoms with Crippen molar-refractivity contribution < 1.29 is 5.11 Å². The van der Waals surface area contributed by atoms with E-state index < -0.39 is 0 Å². The number of hydrogen-bond acceptors (Lipinski definition) is 1. The number of hydrogen-bond donors (Lipinski definition) is 1. The van der Waals surface area contributed by atoms with Gasteiger partial charge in [-0.25, -0.2) is 0 Å². The van der Waals surface area contributed by atoms with Crippen molar-refractivity contribution in [1.82, 2.24) is 0 Å². The molecule has 0 saturated carbocycles. The summed E-state index contributed by atoms with van der Waals surface area (Å²) in [4.78, 5) is 0. The van der Waals surface area contributed by atoms with Gasteiger partial charge in [0.05, 0.1) is 6.10 Å². The first-order valence-corrected chi connectivity index (χ1v) is 7.10. The van der Waals surface area contributed by atoms with E-state index in [2.05, 4.69) is 24.3 Å². The topological polar surface area (TPSA) is 20.2 Å². The molecular formula is C16H24O. The summed E-state index contributed by atoms with van der Waals surface area (Å²) in [5.74, 6) is 0. The Labute approximate surface area is 105 Å². The van der Waals surface area contributed by atoms with E-state index in [0.29, 0.717) is 0 Å².